The summed E-state index contributed by atoms with van der Waals surface area (Å²) in [4.78, 5) is 48.9. The summed E-state index contributed by atoms with van der Waals surface area (Å²) in [5.74, 6) is -0.787. The number of nitrogens with zero attached hydrogens (tertiary/aromatic N) is 1. The number of hydrogen-bond acceptors (Lipinski definition) is 6. The fraction of sp³-hybridized carbons (Fsp3) is 0.429. The van der Waals surface area contributed by atoms with E-state index in [9.17, 15) is 19.2 Å². The van der Waals surface area contributed by atoms with E-state index in [1.54, 1.807) is 19.9 Å². The van der Waals surface area contributed by atoms with Crippen molar-refractivity contribution in [3.8, 4) is 0 Å². The molecule has 1 aliphatic rings. The Morgan fingerprint density at radius 1 is 1.14 bits per heavy atom. The number of benzene rings is 1. The standard InChI is InChI=1S/C21H24N2O6/c1-12-8-15-14(10-18(25)29-16(15)9-13(12)2)11-28-17(24)6-5-7-23-19(26)21(3,4)22-20(23)27/h8-10H,5-7,11H2,1-4H3,(H,22,27). The van der Waals surface area contributed by atoms with Crippen LogP contribution in [-0.4, -0.2) is 34.9 Å². The van der Waals surface area contributed by atoms with E-state index >= 15 is 0 Å². The lowest BCUT2D eigenvalue weighted by molar-refractivity contribution is -0.145. The van der Waals surface area contributed by atoms with Gasteiger partial charge in [-0.05, 0) is 57.4 Å². The van der Waals surface area contributed by atoms with Crippen molar-refractivity contribution in [2.75, 3.05) is 6.54 Å². The van der Waals surface area contributed by atoms with Crippen LogP contribution in [0.15, 0.2) is 27.4 Å². The zero-order chi connectivity index (χ0) is 21.3. The molecule has 8 heteroatoms. The van der Waals surface area contributed by atoms with E-state index in [2.05, 4.69) is 5.32 Å². The first kappa shape index (κ1) is 20.6. The molecule has 0 aliphatic carbocycles. The molecule has 0 saturated carbocycles. The van der Waals surface area contributed by atoms with E-state index in [0.717, 1.165) is 21.4 Å². The fourth-order valence-corrected chi connectivity index (χ4v) is 3.24. The summed E-state index contributed by atoms with van der Waals surface area (Å²) in [6.45, 7) is 7.22. The first-order valence-corrected chi connectivity index (χ1v) is 9.42. The predicted molar refractivity (Wildman–Crippen MR) is 105 cm³/mol. The normalized spacial score (nSPS) is 15.7. The minimum absolute atomic E-state index is 0.0506. The van der Waals surface area contributed by atoms with Crippen LogP contribution in [0.4, 0.5) is 4.79 Å². The van der Waals surface area contributed by atoms with Crippen LogP contribution in [0, 0.1) is 13.8 Å². The van der Waals surface area contributed by atoms with E-state index < -0.39 is 23.2 Å². The van der Waals surface area contributed by atoms with E-state index in [1.165, 1.54) is 6.07 Å². The lowest BCUT2D eigenvalue weighted by Crippen LogP contribution is -2.40. The molecule has 1 aliphatic heterocycles. The molecule has 154 valence electrons. The fourth-order valence-electron chi connectivity index (χ4n) is 3.24. The van der Waals surface area contributed by atoms with Gasteiger partial charge in [-0.2, -0.15) is 0 Å². The summed E-state index contributed by atoms with van der Waals surface area (Å²) in [7, 11) is 0. The average molecular weight is 400 g/mol. The molecule has 8 nitrogen and oxygen atoms in total. The lowest BCUT2D eigenvalue weighted by atomic mass is 10.0. The van der Waals surface area contributed by atoms with E-state index in [4.69, 9.17) is 9.15 Å². The van der Waals surface area contributed by atoms with Crippen LogP contribution in [0.2, 0.25) is 0 Å². The van der Waals surface area contributed by atoms with Crippen LogP contribution >= 0.6 is 0 Å². The van der Waals surface area contributed by atoms with Gasteiger partial charge in [0, 0.05) is 30.0 Å². The van der Waals surface area contributed by atoms with E-state index in [1.807, 2.05) is 19.9 Å². The number of amides is 3. The van der Waals surface area contributed by atoms with Crippen molar-refractivity contribution in [2.24, 2.45) is 0 Å². The second-order valence-electron chi connectivity index (χ2n) is 7.80. The van der Waals surface area contributed by atoms with Gasteiger partial charge >= 0.3 is 17.6 Å². The number of nitrogens with one attached hydrogen (secondary N) is 1. The number of rotatable bonds is 6. The number of urea groups is 1. The molecule has 1 fully saturated rings. The third-order valence-corrected chi connectivity index (χ3v) is 5.04. The van der Waals surface area contributed by atoms with Gasteiger partial charge in [0.15, 0.2) is 0 Å². The maximum atomic E-state index is 12.1. The molecule has 29 heavy (non-hydrogen) atoms. The molecular weight excluding hydrogens is 376 g/mol. The summed E-state index contributed by atoms with van der Waals surface area (Å²) >= 11 is 0. The molecule has 1 saturated heterocycles. The second kappa shape index (κ2) is 7.69. The van der Waals surface area contributed by atoms with Crippen molar-refractivity contribution in [1.29, 1.82) is 0 Å². The quantitative estimate of drug-likeness (QED) is 0.454. The zero-order valence-corrected chi connectivity index (χ0v) is 17.0. The maximum absolute atomic E-state index is 12.1. The van der Waals surface area contributed by atoms with Gasteiger partial charge in [0.25, 0.3) is 5.91 Å². The summed E-state index contributed by atoms with van der Waals surface area (Å²) < 4.78 is 10.5. The Morgan fingerprint density at radius 2 is 1.83 bits per heavy atom. The van der Waals surface area contributed by atoms with Crippen molar-refractivity contribution in [1.82, 2.24) is 10.2 Å². The molecule has 3 rings (SSSR count). The van der Waals surface area contributed by atoms with Gasteiger partial charge in [0.2, 0.25) is 0 Å². The number of imide groups is 1. The van der Waals surface area contributed by atoms with Crippen LogP contribution < -0.4 is 10.9 Å². The molecule has 3 amide bonds. The molecule has 0 spiro atoms. The molecule has 0 radical (unpaired) electrons. The minimum atomic E-state index is -0.927. The van der Waals surface area contributed by atoms with E-state index in [0.29, 0.717) is 17.6 Å². The van der Waals surface area contributed by atoms with Gasteiger partial charge in [0.1, 0.15) is 17.7 Å². The number of ether oxygens (including phenoxy) is 1. The lowest BCUT2D eigenvalue weighted by Gasteiger charge is -2.15. The van der Waals surface area contributed by atoms with Crippen LogP contribution in [0.25, 0.3) is 11.0 Å². The minimum Gasteiger partial charge on any atom is -0.461 e. The molecule has 1 aromatic heterocycles. The maximum Gasteiger partial charge on any atom is 0.336 e. The Labute approximate surface area is 167 Å². The number of carbonyl (C=O) groups is 3. The number of carbonyl (C=O) groups excluding carboxylic acids is 3. The Morgan fingerprint density at radius 3 is 2.48 bits per heavy atom. The second-order valence-corrected chi connectivity index (χ2v) is 7.80. The molecule has 2 heterocycles. The zero-order valence-electron chi connectivity index (χ0n) is 17.0. The highest BCUT2D eigenvalue weighted by Crippen LogP contribution is 2.22. The van der Waals surface area contributed by atoms with Crippen LogP contribution in [0.1, 0.15) is 43.4 Å². The Bertz CT molecular complexity index is 1050. The molecule has 1 aromatic carbocycles. The van der Waals surface area contributed by atoms with Gasteiger partial charge in [-0.15, -0.1) is 0 Å². The van der Waals surface area contributed by atoms with Crippen molar-refractivity contribution in [2.45, 2.75) is 52.7 Å². The molecule has 0 bridgehead atoms. The highest BCUT2D eigenvalue weighted by atomic mass is 16.5. The summed E-state index contributed by atoms with van der Waals surface area (Å²) in [6.07, 6.45) is 0.346. The van der Waals surface area contributed by atoms with Crippen molar-refractivity contribution in [3.63, 3.8) is 0 Å². The van der Waals surface area contributed by atoms with Gasteiger partial charge in [0.05, 0.1) is 0 Å². The third kappa shape index (κ3) is 4.31. The predicted octanol–water partition coefficient (Wildman–Crippen LogP) is 2.56. The van der Waals surface area contributed by atoms with Gasteiger partial charge in [-0.3, -0.25) is 14.5 Å². The summed E-state index contributed by atoms with van der Waals surface area (Å²) in [5.41, 5.74) is 1.63. The Hall–Kier alpha value is -3.16. The number of aryl methyl sites for hydroxylation is 2. The third-order valence-electron chi connectivity index (χ3n) is 5.04. The summed E-state index contributed by atoms with van der Waals surface area (Å²) in [6, 6.07) is 4.55. The topological polar surface area (TPSA) is 106 Å². The Balaban J connectivity index is 1.59. The van der Waals surface area contributed by atoms with Crippen molar-refractivity contribution >= 4 is 28.9 Å². The van der Waals surface area contributed by atoms with Crippen molar-refractivity contribution in [3.05, 3.63) is 45.3 Å². The highest BCUT2D eigenvalue weighted by Gasteiger charge is 2.43. The molecule has 1 N–H and O–H groups in total. The number of fused-ring (bicyclic) bond motifs is 1. The van der Waals surface area contributed by atoms with Crippen LogP contribution in [-0.2, 0) is 20.9 Å². The molecule has 0 unspecified atom stereocenters. The number of hydrogen-bond donors (Lipinski definition) is 1. The molecular formula is C21H24N2O6. The van der Waals surface area contributed by atoms with Gasteiger partial charge in [-0.25, -0.2) is 9.59 Å². The highest BCUT2D eigenvalue weighted by molar-refractivity contribution is 6.06. The van der Waals surface area contributed by atoms with E-state index in [-0.39, 0.29) is 25.5 Å². The van der Waals surface area contributed by atoms with Crippen LogP contribution in [0.5, 0.6) is 0 Å². The molecule has 2 aromatic rings. The van der Waals surface area contributed by atoms with Gasteiger partial charge in [-0.1, -0.05) is 0 Å². The molecule has 0 atom stereocenters. The monoisotopic (exact) mass is 400 g/mol. The number of esters is 1. The van der Waals surface area contributed by atoms with Crippen LogP contribution in [0.3, 0.4) is 0 Å². The first-order valence-electron chi connectivity index (χ1n) is 9.42. The Kier molecular flexibility index (Phi) is 5.46. The smallest absolute Gasteiger partial charge is 0.336 e. The first-order chi connectivity index (χ1) is 13.6. The largest absolute Gasteiger partial charge is 0.461 e. The average Bonchev–Trinajstić information content (AvgIpc) is 2.82. The van der Waals surface area contributed by atoms with Gasteiger partial charge < -0.3 is 14.5 Å². The van der Waals surface area contributed by atoms with Crippen molar-refractivity contribution < 1.29 is 23.5 Å². The summed E-state index contributed by atoms with van der Waals surface area (Å²) in [5, 5.41) is 3.32. The SMILES string of the molecule is Cc1cc2oc(=O)cc(COC(=O)CCCN3C(=O)NC(C)(C)C3=O)c2cc1C.